The standard InChI is InChI=1S/C10H14O3/c1-5-6(2)8(11)10(13-4)9(12)7(5)3/h6-7,11H,1H2,2-4H3. The molecule has 0 bridgehead atoms. The molecule has 0 saturated heterocycles. The summed E-state index contributed by atoms with van der Waals surface area (Å²) in [6.45, 7) is 7.35. The number of aliphatic hydroxyl groups is 1. The normalized spacial score (nSPS) is 29.5. The van der Waals surface area contributed by atoms with Crippen LogP contribution in [0.3, 0.4) is 0 Å². The Bertz CT molecular complexity index is 289. The first kappa shape index (κ1) is 9.84. The van der Waals surface area contributed by atoms with Gasteiger partial charge in [-0.15, -0.1) is 0 Å². The zero-order valence-corrected chi connectivity index (χ0v) is 8.13. The molecular formula is C10H14O3. The molecule has 0 saturated carbocycles. The minimum absolute atomic E-state index is 0.00407. The van der Waals surface area contributed by atoms with Crippen molar-refractivity contribution < 1.29 is 14.6 Å². The number of carbonyl (C=O) groups excluding carboxylic acids is 1. The highest BCUT2D eigenvalue weighted by atomic mass is 16.5. The maximum atomic E-state index is 11.5. The molecule has 2 unspecified atom stereocenters. The Morgan fingerprint density at radius 1 is 1.38 bits per heavy atom. The molecule has 1 aliphatic carbocycles. The van der Waals surface area contributed by atoms with Crippen molar-refractivity contribution in [2.75, 3.05) is 7.11 Å². The van der Waals surface area contributed by atoms with E-state index >= 15 is 0 Å². The lowest BCUT2D eigenvalue weighted by Gasteiger charge is -2.26. The largest absolute Gasteiger partial charge is 0.508 e. The number of ketones is 1. The molecule has 0 aromatic carbocycles. The number of rotatable bonds is 1. The van der Waals surface area contributed by atoms with E-state index in [0.717, 1.165) is 5.57 Å². The third kappa shape index (κ3) is 1.34. The van der Waals surface area contributed by atoms with Crippen molar-refractivity contribution in [3.63, 3.8) is 0 Å². The van der Waals surface area contributed by atoms with Crippen molar-refractivity contribution in [3.05, 3.63) is 23.7 Å². The number of allylic oxidation sites excluding steroid dienone is 2. The third-order valence-corrected chi connectivity index (χ3v) is 2.58. The highest BCUT2D eigenvalue weighted by Gasteiger charge is 2.35. The summed E-state index contributed by atoms with van der Waals surface area (Å²) in [7, 11) is 1.39. The van der Waals surface area contributed by atoms with Gasteiger partial charge >= 0.3 is 0 Å². The molecule has 2 atom stereocenters. The molecule has 0 aromatic rings. The fourth-order valence-corrected chi connectivity index (χ4v) is 1.44. The highest BCUT2D eigenvalue weighted by Crippen LogP contribution is 2.33. The summed E-state index contributed by atoms with van der Waals surface area (Å²) in [5.74, 6) is -0.574. The number of ether oxygens (including phenoxy) is 1. The topological polar surface area (TPSA) is 46.5 Å². The van der Waals surface area contributed by atoms with Gasteiger partial charge in [0.05, 0.1) is 7.11 Å². The average molecular weight is 182 g/mol. The van der Waals surface area contributed by atoms with Gasteiger partial charge in [0.15, 0.2) is 0 Å². The number of hydrogen-bond donors (Lipinski definition) is 1. The van der Waals surface area contributed by atoms with Crippen LogP contribution in [0, 0.1) is 11.8 Å². The fourth-order valence-electron chi connectivity index (χ4n) is 1.44. The first-order chi connectivity index (χ1) is 6.00. The van der Waals surface area contributed by atoms with E-state index in [1.165, 1.54) is 7.11 Å². The summed E-state index contributed by atoms with van der Waals surface area (Å²) in [6, 6.07) is 0. The molecule has 0 heterocycles. The molecule has 0 spiro atoms. The average Bonchev–Trinajstić information content (AvgIpc) is 2.13. The predicted molar refractivity (Wildman–Crippen MR) is 49.1 cm³/mol. The van der Waals surface area contributed by atoms with Gasteiger partial charge in [-0.05, 0) is 0 Å². The van der Waals surface area contributed by atoms with Gasteiger partial charge in [-0.25, -0.2) is 0 Å². The van der Waals surface area contributed by atoms with Crippen LogP contribution < -0.4 is 0 Å². The van der Waals surface area contributed by atoms with Crippen molar-refractivity contribution >= 4 is 5.78 Å². The Morgan fingerprint density at radius 2 is 1.92 bits per heavy atom. The van der Waals surface area contributed by atoms with E-state index in [0.29, 0.717) is 0 Å². The summed E-state index contributed by atoms with van der Waals surface area (Å²) in [4.78, 5) is 11.5. The molecule has 0 aromatic heterocycles. The van der Waals surface area contributed by atoms with Crippen molar-refractivity contribution in [2.45, 2.75) is 13.8 Å². The highest BCUT2D eigenvalue weighted by molar-refractivity contribution is 5.98. The van der Waals surface area contributed by atoms with Crippen LogP contribution in [0.5, 0.6) is 0 Å². The molecule has 0 aliphatic heterocycles. The number of methoxy groups -OCH3 is 1. The first-order valence-corrected chi connectivity index (χ1v) is 4.20. The van der Waals surface area contributed by atoms with Crippen LogP contribution in [-0.4, -0.2) is 18.0 Å². The zero-order valence-electron chi connectivity index (χ0n) is 8.13. The molecule has 1 rings (SSSR count). The quantitative estimate of drug-likeness (QED) is 0.629. The van der Waals surface area contributed by atoms with Gasteiger partial charge in [0, 0.05) is 11.8 Å². The van der Waals surface area contributed by atoms with Gasteiger partial charge in [-0.3, -0.25) is 4.79 Å². The molecule has 0 fully saturated rings. The molecule has 3 heteroatoms. The number of carbonyl (C=O) groups is 1. The van der Waals surface area contributed by atoms with E-state index in [9.17, 15) is 9.90 Å². The van der Waals surface area contributed by atoms with Crippen molar-refractivity contribution in [2.24, 2.45) is 11.8 Å². The summed E-state index contributed by atoms with van der Waals surface area (Å²) in [5, 5.41) is 9.57. The molecule has 1 N–H and O–H groups in total. The van der Waals surface area contributed by atoms with E-state index in [4.69, 9.17) is 4.74 Å². The number of Topliss-reactive ketones (excluding diaryl/α,β-unsaturated/α-hetero) is 1. The van der Waals surface area contributed by atoms with E-state index in [-0.39, 0.29) is 29.1 Å². The minimum atomic E-state index is -0.263. The minimum Gasteiger partial charge on any atom is -0.508 e. The predicted octanol–water partition coefficient (Wildman–Crippen LogP) is 1.81. The Kier molecular flexibility index (Phi) is 2.45. The van der Waals surface area contributed by atoms with Gasteiger partial charge in [0.2, 0.25) is 11.5 Å². The lowest BCUT2D eigenvalue weighted by molar-refractivity contribution is -0.122. The zero-order chi connectivity index (χ0) is 10.2. The van der Waals surface area contributed by atoms with Crippen LogP contribution in [0.4, 0.5) is 0 Å². The third-order valence-electron chi connectivity index (χ3n) is 2.58. The van der Waals surface area contributed by atoms with Crippen LogP contribution in [0.1, 0.15) is 13.8 Å². The lowest BCUT2D eigenvalue weighted by atomic mass is 9.81. The summed E-state index contributed by atoms with van der Waals surface area (Å²) < 4.78 is 4.84. The van der Waals surface area contributed by atoms with E-state index < -0.39 is 0 Å². The van der Waals surface area contributed by atoms with Crippen LogP contribution in [-0.2, 0) is 9.53 Å². The SMILES string of the molecule is C=C1C(C)C(=O)C(OC)=C(O)C1C. The second-order valence-corrected chi connectivity index (χ2v) is 3.30. The van der Waals surface area contributed by atoms with Crippen LogP contribution in [0.15, 0.2) is 23.7 Å². The van der Waals surface area contributed by atoms with Gasteiger partial charge in [-0.1, -0.05) is 26.0 Å². The molecule has 13 heavy (non-hydrogen) atoms. The molecule has 3 nitrogen and oxygen atoms in total. The van der Waals surface area contributed by atoms with E-state index in [1.807, 2.05) is 0 Å². The molecular weight excluding hydrogens is 168 g/mol. The molecule has 72 valence electrons. The number of aliphatic hydroxyl groups excluding tert-OH is 1. The second-order valence-electron chi connectivity index (χ2n) is 3.30. The van der Waals surface area contributed by atoms with Crippen LogP contribution in [0.25, 0.3) is 0 Å². The van der Waals surface area contributed by atoms with Gasteiger partial charge in [-0.2, -0.15) is 0 Å². The fraction of sp³-hybridized carbons (Fsp3) is 0.500. The van der Waals surface area contributed by atoms with Crippen molar-refractivity contribution in [1.29, 1.82) is 0 Å². The Labute approximate surface area is 77.7 Å². The Balaban J connectivity index is 3.18. The Hall–Kier alpha value is -1.25. The van der Waals surface area contributed by atoms with Gasteiger partial charge in [0.1, 0.15) is 5.76 Å². The van der Waals surface area contributed by atoms with Crippen LogP contribution in [0.2, 0.25) is 0 Å². The monoisotopic (exact) mass is 182 g/mol. The lowest BCUT2D eigenvalue weighted by Crippen LogP contribution is -2.28. The second kappa shape index (κ2) is 3.24. The van der Waals surface area contributed by atoms with Crippen molar-refractivity contribution in [1.82, 2.24) is 0 Å². The maximum absolute atomic E-state index is 11.5. The maximum Gasteiger partial charge on any atom is 0.207 e. The molecule has 0 amide bonds. The summed E-state index contributed by atoms with van der Waals surface area (Å²) in [6.07, 6.45) is 0. The molecule has 0 radical (unpaired) electrons. The molecule has 1 aliphatic rings. The number of hydrogen-bond acceptors (Lipinski definition) is 3. The van der Waals surface area contributed by atoms with E-state index in [2.05, 4.69) is 6.58 Å². The smallest absolute Gasteiger partial charge is 0.207 e. The first-order valence-electron chi connectivity index (χ1n) is 4.20. The summed E-state index contributed by atoms with van der Waals surface area (Å²) in [5.41, 5.74) is 0.739. The van der Waals surface area contributed by atoms with Gasteiger partial charge < -0.3 is 9.84 Å². The summed E-state index contributed by atoms with van der Waals surface area (Å²) >= 11 is 0. The van der Waals surface area contributed by atoms with E-state index in [1.54, 1.807) is 13.8 Å². The van der Waals surface area contributed by atoms with Gasteiger partial charge in [0.25, 0.3) is 0 Å². The Morgan fingerprint density at radius 3 is 2.38 bits per heavy atom. The van der Waals surface area contributed by atoms with Crippen molar-refractivity contribution in [3.8, 4) is 0 Å². The van der Waals surface area contributed by atoms with Crippen LogP contribution >= 0.6 is 0 Å².